The summed E-state index contributed by atoms with van der Waals surface area (Å²) < 4.78 is 6.12. The predicted molar refractivity (Wildman–Crippen MR) is 85.7 cm³/mol. The minimum Gasteiger partial charge on any atom is -0.378 e. The van der Waals surface area contributed by atoms with Gasteiger partial charge in [0.25, 0.3) is 0 Å². The average Bonchev–Trinajstić information content (AvgIpc) is 2.55. The normalized spacial score (nSPS) is 27.4. The van der Waals surface area contributed by atoms with Crippen LogP contribution in [0, 0.1) is 5.92 Å². The van der Waals surface area contributed by atoms with Gasteiger partial charge in [-0.2, -0.15) is 0 Å². The number of halogens is 1. The highest BCUT2D eigenvalue weighted by atomic mass is 35.5. The van der Waals surface area contributed by atoms with Crippen LogP contribution in [0.2, 0.25) is 5.02 Å². The Balaban J connectivity index is 1.79. The van der Waals surface area contributed by atoms with Crippen LogP contribution in [0.4, 0.5) is 5.69 Å². The first-order valence-electron chi connectivity index (χ1n) is 7.55. The summed E-state index contributed by atoms with van der Waals surface area (Å²) in [7, 11) is 0. The molecule has 3 heteroatoms. The van der Waals surface area contributed by atoms with Crippen LogP contribution in [-0.4, -0.2) is 6.61 Å². The lowest BCUT2D eigenvalue weighted by atomic mass is 9.77. The maximum absolute atomic E-state index is 6.18. The molecule has 2 nitrogen and oxygen atoms in total. The van der Waals surface area contributed by atoms with Crippen molar-refractivity contribution in [1.29, 1.82) is 0 Å². The molecule has 2 aromatic carbocycles. The highest BCUT2D eigenvalue weighted by Gasteiger charge is 2.39. The van der Waals surface area contributed by atoms with Gasteiger partial charge in [0, 0.05) is 28.8 Å². The third-order valence-electron chi connectivity index (χ3n) is 4.59. The largest absolute Gasteiger partial charge is 0.378 e. The SMILES string of the molecule is Clc1ccc2c(c1)[C@H]1OCCC[C@H]1[C@@H](c1ccccc1)N2. The lowest BCUT2D eigenvalue weighted by Gasteiger charge is -2.43. The molecule has 4 rings (SSSR count). The van der Waals surface area contributed by atoms with Gasteiger partial charge in [-0.1, -0.05) is 41.9 Å². The van der Waals surface area contributed by atoms with E-state index in [-0.39, 0.29) is 6.10 Å². The Kier molecular flexibility index (Phi) is 3.36. The number of fused-ring (bicyclic) bond motifs is 3. The van der Waals surface area contributed by atoms with Gasteiger partial charge in [0.15, 0.2) is 0 Å². The lowest BCUT2D eigenvalue weighted by Crippen LogP contribution is -2.35. The molecular formula is C18H18ClNO. The van der Waals surface area contributed by atoms with Crippen LogP contribution in [0.1, 0.15) is 36.1 Å². The molecule has 0 radical (unpaired) electrons. The van der Waals surface area contributed by atoms with Gasteiger partial charge in [0.05, 0.1) is 12.1 Å². The van der Waals surface area contributed by atoms with E-state index in [1.807, 2.05) is 12.1 Å². The van der Waals surface area contributed by atoms with Gasteiger partial charge in [-0.3, -0.25) is 0 Å². The van der Waals surface area contributed by atoms with Crippen LogP contribution in [0.25, 0.3) is 0 Å². The average molecular weight is 300 g/mol. The van der Waals surface area contributed by atoms with Crippen molar-refractivity contribution in [1.82, 2.24) is 0 Å². The summed E-state index contributed by atoms with van der Waals surface area (Å²) in [5.74, 6) is 0.465. The van der Waals surface area contributed by atoms with Crippen molar-refractivity contribution in [2.75, 3.05) is 11.9 Å². The van der Waals surface area contributed by atoms with Gasteiger partial charge < -0.3 is 10.1 Å². The van der Waals surface area contributed by atoms with Crippen LogP contribution >= 0.6 is 11.6 Å². The Bertz CT molecular complexity index is 643. The van der Waals surface area contributed by atoms with E-state index in [9.17, 15) is 0 Å². The molecule has 1 saturated heterocycles. The second kappa shape index (κ2) is 5.36. The minimum atomic E-state index is 0.152. The van der Waals surface area contributed by atoms with Crippen molar-refractivity contribution < 1.29 is 4.74 Å². The monoisotopic (exact) mass is 299 g/mol. The highest BCUT2D eigenvalue weighted by Crippen LogP contribution is 2.49. The van der Waals surface area contributed by atoms with E-state index in [0.717, 1.165) is 23.7 Å². The van der Waals surface area contributed by atoms with Crippen molar-refractivity contribution in [2.45, 2.75) is 25.0 Å². The number of ether oxygens (including phenoxy) is 1. The topological polar surface area (TPSA) is 21.3 Å². The molecule has 2 aliphatic heterocycles. The standard InChI is InChI=1S/C18H18ClNO/c19-13-8-9-16-15(11-13)18-14(7-4-10-21-18)17(20-16)12-5-2-1-3-6-12/h1-3,5-6,8-9,11,14,17-18,20H,4,7,10H2/t14-,17+,18-/m0/s1. The predicted octanol–water partition coefficient (Wildman–Crippen LogP) is 4.97. The van der Waals surface area contributed by atoms with E-state index in [1.165, 1.54) is 17.5 Å². The fraction of sp³-hybridized carbons (Fsp3) is 0.333. The third kappa shape index (κ3) is 2.33. The zero-order chi connectivity index (χ0) is 14.2. The summed E-state index contributed by atoms with van der Waals surface area (Å²) in [6.45, 7) is 0.842. The molecule has 0 saturated carbocycles. The Hall–Kier alpha value is -1.51. The van der Waals surface area contributed by atoms with E-state index < -0.39 is 0 Å². The van der Waals surface area contributed by atoms with Crippen molar-refractivity contribution in [3.05, 3.63) is 64.7 Å². The van der Waals surface area contributed by atoms with Crippen molar-refractivity contribution >= 4 is 17.3 Å². The molecule has 3 atom stereocenters. The lowest BCUT2D eigenvalue weighted by molar-refractivity contribution is -0.0381. The first kappa shape index (κ1) is 13.2. The minimum absolute atomic E-state index is 0.152. The van der Waals surface area contributed by atoms with Gasteiger partial charge in [0.1, 0.15) is 0 Å². The Morgan fingerprint density at radius 2 is 1.95 bits per heavy atom. The van der Waals surface area contributed by atoms with E-state index >= 15 is 0 Å². The van der Waals surface area contributed by atoms with Crippen molar-refractivity contribution in [2.24, 2.45) is 5.92 Å². The van der Waals surface area contributed by atoms with Gasteiger partial charge in [-0.25, -0.2) is 0 Å². The zero-order valence-corrected chi connectivity index (χ0v) is 12.5. The van der Waals surface area contributed by atoms with E-state index in [0.29, 0.717) is 12.0 Å². The second-order valence-electron chi connectivity index (χ2n) is 5.86. The first-order chi connectivity index (χ1) is 10.3. The molecule has 0 spiro atoms. The molecule has 0 aromatic heterocycles. The smallest absolute Gasteiger partial charge is 0.0896 e. The summed E-state index contributed by atoms with van der Waals surface area (Å²) in [4.78, 5) is 0. The van der Waals surface area contributed by atoms with E-state index in [2.05, 4.69) is 41.7 Å². The molecule has 2 aromatic rings. The molecule has 108 valence electrons. The number of hydrogen-bond donors (Lipinski definition) is 1. The van der Waals surface area contributed by atoms with Crippen LogP contribution in [0.5, 0.6) is 0 Å². The quantitative estimate of drug-likeness (QED) is 0.802. The maximum Gasteiger partial charge on any atom is 0.0896 e. The summed E-state index contributed by atoms with van der Waals surface area (Å²) in [6.07, 6.45) is 2.46. The first-order valence-corrected chi connectivity index (χ1v) is 7.93. The van der Waals surface area contributed by atoms with Crippen LogP contribution in [0.15, 0.2) is 48.5 Å². The Labute approximate surface area is 130 Å². The summed E-state index contributed by atoms with van der Waals surface area (Å²) in [5.41, 5.74) is 3.69. The maximum atomic E-state index is 6.18. The molecule has 0 amide bonds. The summed E-state index contributed by atoms with van der Waals surface area (Å²) in [6, 6.07) is 17.0. The molecule has 1 fully saturated rings. The molecule has 0 aliphatic carbocycles. The highest BCUT2D eigenvalue weighted by molar-refractivity contribution is 6.30. The zero-order valence-electron chi connectivity index (χ0n) is 11.8. The van der Waals surface area contributed by atoms with Crippen molar-refractivity contribution in [3.8, 4) is 0 Å². The summed E-state index contributed by atoms with van der Waals surface area (Å²) in [5, 5.41) is 4.48. The van der Waals surface area contributed by atoms with E-state index in [4.69, 9.17) is 16.3 Å². The number of rotatable bonds is 1. The van der Waals surface area contributed by atoms with Gasteiger partial charge in [-0.05, 0) is 36.6 Å². The van der Waals surface area contributed by atoms with E-state index in [1.54, 1.807) is 0 Å². The van der Waals surface area contributed by atoms with Crippen molar-refractivity contribution in [3.63, 3.8) is 0 Å². The van der Waals surface area contributed by atoms with Gasteiger partial charge >= 0.3 is 0 Å². The third-order valence-corrected chi connectivity index (χ3v) is 4.82. The fourth-order valence-corrected chi connectivity index (χ4v) is 3.81. The molecule has 2 heterocycles. The molecule has 21 heavy (non-hydrogen) atoms. The van der Waals surface area contributed by atoms with Crippen LogP contribution < -0.4 is 5.32 Å². The number of nitrogens with one attached hydrogen (secondary N) is 1. The number of anilines is 1. The number of benzene rings is 2. The fourth-order valence-electron chi connectivity index (χ4n) is 3.63. The number of hydrogen-bond acceptors (Lipinski definition) is 2. The van der Waals surface area contributed by atoms with Gasteiger partial charge in [0.2, 0.25) is 0 Å². The van der Waals surface area contributed by atoms with Crippen LogP contribution in [-0.2, 0) is 4.74 Å². The summed E-state index contributed by atoms with van der Waals surface area (Å²) >= 11 is 6.18. The van der Waals surface area contributed by atoms with Gasteiger partial charge in [-0.15, -0.1) is 0 Å². The molecule has 0 unspecified atom stereocenters. The second-order valence-corrected chi connectivity index (χ2v) is 6.30. The molecule has 2 aliphatic rings. The Morgan fingerprint density at radius 3 is 2.81 bits per heavy atom. The molecular weight excluding hydrogens is 282 g/mol. The van der Waals surface area contributed by atoms with Crippen LogP contribution in [0.3, 0.4) is 0 Å². The molecule has 1 N–H and O–H groups in total. The molecule has 0 bridgehead atoms. The Morgan fingerprint density at radius 1 is 1.10 bits per heavy atom.